The van der Waals surface area contributed by atoms with Crippen molar-refractivity contribution >= 4 is 5.97 Å². The summed E-state index contributed by atoms with van der Waals surface area (Å²) in [5, 5.41) is 0. The Balaban J connectivity index is 1.94. The normalized spacial score (nSPS) is 26.5. The highest BCUT2D eigenvalue weighted by Gasteiger charge is 2.34. The third kappa shape index (κ3) is 2.42. The Labute approximate surface area is 95.6 Å². The van der Waals surface area contributed by atoms with Gasteiger partial charge in [0.1, 0.15) is 6.10 Å². The molecule has 1 aliphatic heterocycles. The monoisotopic (exact) mass is 219 g/mol. The van der Waals surface area contributed by atoms with Crippen LogP contribution < -0.4 is 5.73 Å². The molecule has 2 N–H and O–H groups in total. The van der Waals surface area contributed by atoms with E-state index in [1.807, 2.05) is 37.3 Å². The molecule has 1 aliphatic rings. The summed E-state index contributed by atoms with van der Waals surface area (Å²) in [7, 11) is 0. The molecule has 0 spiro atoms. The van der Waals surface area contributed by atoms with Crippen LogP contribution in [-0.2, 0) is 16.0 Å². The van der Waals surface area contributed by atoms with Gasteiger partial charge in [0.15, 0.2) is 0 Å². The van der Waals surface area contributed by atoms with Gasteiger partial charge in [-0.25, -0.2) is 0 Å². The predicted molar refractivity (Wildman–Crippen MR) is 61.8 cm³/mol. The van der Waals surface area contributed by atoms with Crippen molar-refractivity contribution in [1.29, 1.82) is 0 Å². The Bertz CT molecular complexity index is 363. The van der Waals surface area contributed by atoms with E-state index >= 15 is 0 Å². The minimum atomic E-state index is -0.122. The smallest absolute Gasteiger partial charge is 0.309 e. The van der Waals surface area contributed by atoms with Crippen LogP contribution in [0.2, 0.25) is 0 Å². The molecule has 3 nitrogen and oxygen atoms in total. The predicted octanol–water partition coefficient (Wildman–Crippen LogP) is 1.51. The number of hydrogen-bond acceptors (Lipinski definition) is 3. The van der Waals surface area contributed by atoms with Crippen LogP contribution in [0, 0.1) is 5.92 Å². The maximum atomic E-state index is 11.3. The third-order valence-corrected chi connectivity index (χ3v) is 3.05. The fraction of sp³-hybridized carbons (Fsp3) is 0.462. The Hall–Kier alpha value is -1.35. The van der Waals surface area contributed by atoms with E-state index < -0.39 is 0 Å². The second-order valence-electron chi connectivity index (χ2n) is 4.47. The molecule has 1 aromatic rings. The quantitative estimate of drug-likeness (QED) is 0.784. The average molecular weight is 219 g/mol. The van der Waals surface area contributed by atoms with E-state index in [4.69, 9.17) is 10.5 Å². The van der Waals surface area contributed by atoms with Crippen molar-refractivity contribution in [2.45, 2.75) is 31.9 Å². The van der Waals surface area contributed by atoms with Crippen LogP contribution in [0.1, 0.15) is 18.9 Å². The Morgan fingerprint density at radius 1 is 1.44 bits per heavy atom. The SMILES string of the molecule is C[C@@H]1C[C@@H]([C@H](N)Cc2ccccc2)OC1=O. The van der Waals surface area contributed by atoms with Crippen molar-refractivity contribution < 1.29 is 9.53 Å². The molecular weight excluding hydrogens is 202 g/mol. The topological polar surface area (TPSA) is 52.3 Å². The van der Waals surface area contributed by atoms with Gasteiger partial charge < -0.3 is 10.5 Å². The number of rotatable bonds is 3. The summed E-state index contributed by atoms with van der Waals surface area (Å²) in [5.41, 5.74) is 7.24. The second-order valence-corrected chi connectivity index (χ2v) is 4.47. The van der Waals surface area contributed by atoms with Crippen molar-refractivity contribution in [2.24, 2.45) is 11.7 Å². The van der Waals surface area contributed by atoms with Gasteiger partial charge >= 0.3 is 5.97 Å². The number of nitrogens with two attached hydrogens (primary N) is 1. The molecule has 0 bridgehead atoms. The lowest BCUT2D eigenvalue weighted by Crippen LogP contribution is -2.36. The van der Waals surface area contributed by atoms with Crippen LogP contribution >= 0.6 is 0 Å². The van der Waals surface area contributed by atoms with E-state index in [9.17, 15) is 4.79 Å². The molecule has 1 heterocycles. The van der Waals surface area contributed by atoms with E-state index in [0.29, 0.717) is 0 Å². The van der Waals surface area contributed by atoms with Crippen LogP contribution in [0.3, 0.4) is 0 Å². The van der Waals surface area contributed by atoms with Gasteiger partial charge in [-0.05, 0) is 18.4 Å². The molecule has 0 unspecified atom stereocenters. The molecule has 2 rings (SSSR count). The fourth-order valence-corrected chi connectivity index (χ4v) is 2.04. The van der Waals surface area contributed by atoms with Gasteiger partial charge in [-0.2, -0.15) is 0 Å². The maximum absolute atomic E-state index is 11.3. The summed E-state index contributed by atoms with van der Waals surface area (Å²) in [5.74, 6) is -0.125. The summed E-state index contributed by atoms with van der Waals surface area (Å²) in [6.07, 6.45) is 1.38. The van der Waals surface area contributed by atoms with E-state index in [2.05, 4.69) is 0 Å². The zero-order valence-electron chi connectivity index (χ0n) is 9.43. The lowest BCUT2D eigenvalue weighted by Gasteiger charge is -2.17. The summed E-state index contributed by atoms with van der Waals surface area (Å²) in [6.45, 7) is 1.89. The highest BCUT2D eigenvalue weighted by molar-refractivity contribution is 5.74. The first kappa shape index (κ1) is 11.1. The maximum Gasteiger partial charge on any atom is 0.309 e. The number of benzene rings is 1. The highest BCUT2D eigenvalue weighted by Crippen LogP contribution is 2.23. The van der Waals surface area contributed by atoms with E-state index in [0.717, 1.165) is 12.8 Å². The molecule has 86 valence electrons. The molecule has 0 amide bonds. The second kappa shape index (κ2) is 4.66. The lowest BCUT2D eigenvalue weighted by atomic mass is 9.97. The van der Waals surface area contributed by atoms with Crippen LogP contribution in [0.5, 0.6) is 0 Å². The van der Waals surface area contributed by atoms with Crippen molar-refractivity contribution in [3.8, 4) is 0 Å². The summed E-state index contributed by atoms with van der Waals surface area (Å²) < 4.78 is 5.24. The zero-order chi connectivity index (χ0) is 11.5. The first-order valence-electron chi connectivity index (χ1n) is 5.67. The van der Waals surface area contributed by atoms with E-state index in [1.54, 1.807) is 0 Å². The molecule has 0 saturated carbocycles. The number of hydrogen-bond donors (Lipinski definition) is 1. The first-order chi connectivity index (χ1) is 7.66. The van der Waals surface area contributed by atoms with Crippen LogP contribution in [0.4, 0.5) is 0 Å². The largest absolute Gasteiger partial charge is 0.460 e. The number of carbonyl (C=O) groups excluding carboxylic acids is 1. The fourth-order valence-electron chi connectivity index (χ4n) is 2.04. The summed E-state index contributed by atoms with van der Waals surface area (Å²) in [6, 6.07) is 9.94. The number of ether oxygens (including phenoxy) is 1. The van der Waals surface area contributed by atoms with Crippen molar-refractivity contribution in [3.05, 3.63) is 35.9 Å². The molecule has 1 fully saturated rings. The molecule has 0 aliphatic carbocycles. The van der Waals surface area contributed by atoms with Crippen LogP contribution in [0.25, 0.3) is 0 Å². The Morgan fingerprint density at radius 3 is 2.69 bits per heavy atom. The van der Waals surface area contributed by atoms with Crippen molar-refractivity contribution in [2.75, 3.05) is 0 Å². The van der Waals surface area contributed by atoms with Gasteiger partial charge in [-0.3, -0.25) is 4.79 Å². The van der Waals surface area contributed by atoms with E-state index in [-0.39, 0.29) is 24.0 Å². The molecule has 0 aromatic heterocycles. The highest BCUT2D eigenvalue weighted by atomic mass is 16.6. The standard InChI is InChI=1S/C13H17NO2/c1-9-7-12(16-13(9)15)11(14)8-10-5-3-2-4-6-10/h2-6,9,11-12H,7-8,14H2,1H3/t9-,11-,12+/m1/s1. The lowest BCUT2D eigenvalue weighted by molar-refractivity contribution is -0.144. The Kier molecular flexibility index (Phi) is 3.25. The van der Waals surface area contributed by atoms with Gasteiger partial charge in [0.25, 0.3) is 0 Å². The first-order valence-corrected chi connectivity index (χ1v) is 5.67. The average Bonchev–Trinajstić information content (AvgIpc) is 2.61. The molecule has 0 radical (unpaired) electrons. The summed E-state index contributed by atoms with van der Waals surface area (Å²) >= 11 is 0. The van der Waals surface area contributed by atoms with Crippen molar-refractivity contribution in [1.82, 2.24) is 0 Å². The molecule has 3 heteroatoms. The number of cyclic esters (lactones) is 1. The van der Waals surface area contributed by atoms with Gasteiger partial charge in [0.05, 0.1) is 5.92 Å². The van der Waals surface area contributed by atoms with E-state index in [1.165, 1.54) is 5.56 Å². The van der Waals surface area contributed by atoms with Crippen molar-refractivity contribution in [3.63, 3.8) is 0 Å². The third-order valence-electron chi connectivity index (χ3n) is 3.05. The van der Waals surface area contributed by atoms with Gasteiger partial charge in [-0.1, -0.05) is 37.3 Å². The Morgan fingerprint density at radius 2 is 2.12 bits per heavy atom. The molecular formula is C13H17NO2. The zero-order valence-corrected chi connectivity index (χ0v) is 9.43. The van der Waals surface area contributed by atoms with Gasteiger partial charge in [0, 0.05) is 6.04 Å². The molecule has 1 saturated heterocycles. The molecule has 3 atom stereocenters. The molecule has 16 heavy (non-hydrogen) atoms. The number of esters is 1. The minimum absolute atomic E-state index is 0.00757. The summed E-state index contributed by atoms with van der Waals surface area (Å²) in [4.78, 5) is 11.3. The molecule has 1 aromatic carbocycles. The van der Waals surface area contributed by atoms with Gasteiger partial charge in [0.2, 0.25) is 0 Å². The number of carbonyl (C=O) groups is 1. The van der Waals surface area contributed by atoms with Gasteiger partial charge in [-0.15, -0.1) is 0 Å². The minimum Gasteiger partial charge on any atom is -0.460 e. The van der Waals surface area contributed by atoms with Crippen LogP contribution in [-0.4, -0.2) is 18.1 Å². The van der Waals surface area contributed by atoms with Crippen LogP contribution in [0.15, 0.2) is 30.3 Å².